The molecule has 0 unspecified atom stereocenters. The van der Waals surface area contributed by atoms with Crippen LogP contribution in [0.1, 0.15) is 23.2 Å². The molecular weight excluding hydrogens is 264 g/mol. The fraction of sp³-hybridized carbons (Fsp3) is 0.625. The van der Waals surface area contributed by atoms with E-state index in [-0.39, 0.29) is 5.91 Å². The third kappa shape index (κ3) is 3.41. The van der Waals surface area contributed by atoms with Gasteiger partial charge in [-0.1, -0.05) is 0 Å². The quantitative estimate of drug-likeness (QED) is 0.812. The van der Waals surface area contributed by atoms with Gasteiger partial charge in [0.1, 0.15) is 0 Å². The normalized spacial score (nSPS) is 22.4. The van der Waals surface area contributed by atoms with Crippen molar-refractivity contribution in [2.45, 2.75) is 18.9 Å². The highest BCUT2D eigenvalue weighted by atomic mass is 16.2. The standard InChI is InChI=1S/C16H24N4O/c1-18-8-4-15(5-9-18)19-10-12-20(13-11-19)16(21)14-2-6-17-7-3-14/h2-3,6-7,15H,4-5,8-13H2,1H3. The Hall–Kier alpha value is -1.46. The van der Waals surface area contributed by atoms with Crippen molar-refractivity contribution >= 4 is 5.91 Å². The summed E-state index contributed by atoms with van der Waals surface area (Å²) in [6.07, 6.45) is 5.88. The lowest BCUT2D eigenvalue weighted by molar-refractivity contribution is 0.0475. The second-order valence-corrected chi connectivity index (χ2v) is 6.10. The molecule has 0 atom stereocenters. The number of likely N-dealkylation sites (tertiary alicyclic amines) is 1. The Kier molecular flexibility index (Phi) is 4.51. The topological polar surface area (TPSA) is 39.7 Å². The molecule has 1 aromatic rings. The van der Waals surface area contributed by atoms with Crippen LogP contribution in [0.5, 0.6) is 0 Å². The predicted molar refractivity (Wildman–Crippen MR) is 82.2 cm³/mol. The number of hydrogen-bond acceptors (Lipinski definition) is 4. The fourth-order valence-electron chi connectivity index (χ4n) is 3.33. The monoisotopic (exact) mass is 288 g/mol. The summed E-state index contributed by atoms with van der Waals surface area (Å²) in [7, 11) is 2.20. The van der Waals surface area contributed by atoms with E-state index in [1.165, 1.54) is 25.9 Å². The van der Waals surface area contributed by atoms with E-state index in [4.69, 9.17) is 0 Å². The Balaban J connectivity index is 1.52. The lowest BCUT2D eigenvalue weighted by atomic mass is 10.0. The van der Waals surface area contributed by atoms with E-state index in [0.29, 0.717) is 6.04 Å². The lowest BCUT2D eigenvalue weighted by Gasteiger charge is -2.42. The van der Waals surface area contributed by atoms with Crippen LogP contribution in [0.2, 0.25) is 0 Å². The van der Waals surface area contributed by atoms with Crippen LogP contribution in [0.15, 0.2) is 24.5 Å². The smallest absolute Gasteiger partial charge is 0.254 e. The Labute approximate surface area is 126 Å². The van der Waals surface area contributed by atoms with Crippen LogP contribution < -0.4 is 0 Å². The van der Waals surface area contributed by atoms with Gasteiger partial charge in [-0.2, -0.15) is 0 Å². The number of pyridine rings is 1. The Morgan fingerprint density at radius 1 is 1.05 bits per heavy atom. The molecule has 0 aromatic carbocycles. The summed E-state index contributed by atoms with van der Waals surface area (Å²) in [5, 5.41) is 0. The van der Waals surface area contributed by atoms with E-state index in [1.54, 1.807) is 24.5 Å². The predicted octanol–water partition coefficient (Wildman–Crippen LogP) is 0.934. The molecule has 3 heterocycles. The van der Waals surface area contributed by atoms with E-state index in [9.17, 15) is 4.79 Å². The van der Waals surface area contributed by atoms with Crippen molar-refractivity contribution in [3.8, 4) is 0 Å². The average Bonchev–Trinajstić information content (AvgIpc) is 2.56. The zero-order valence-corrected chi connectivity index (χ0v) is 12.7. The molecule has 0 spiro atoms. The van der Waals surface area contributed by atoms with Gasteiger partial charge in [0.15, 0.2) is 0 Å². The molecule has 2 fully saturated rings. The molecule has 1 aromatic heterocycles. The average molecular weight is 288 g/mol. The highest BCUT2D eigenvalue weighted by Gasteiger charge is 2.28. The van der Waals surface area contributed by atoms with Gasteiger partial charge in [-0.15, -0.1) is 0 Å². The summed E-state index contributed by atoms with van der Waals surface area (Å²) >= 11 is 0. The van der Waals surface area contributed by atoms with Crippen LogP contribution in [0.4, 0.5) is 0 Å². The SMILES string of the molecule is CN1CCC(N2CCN(C(=O)c3ccncc3)CC2)CC1. The molecular formula is C16H24N4O. The minimum atomic E-state index is 0.139. The molecule has 0 radical (unpaired) electrons. The van der Waals surface area contributed by atoms with Gasteiger partial charge in [0.2, 0.25) is 0 Å². The van der Waals surface area contributed by atoms with Gasteiger partial charge < -0.3 is 9.80 Å². The van der Waals surface area contributed by atoms with E-state index in [1.807, 2.05) is 4.90 Å². The molecule has 21 heavy (non-hydrogen) atoms. The second-order valence-electron chi connectivity index (χ2n) is 6.10. The Morgan fingerprint density at radius 2 is 1.67 bits per heavy atom. The number of rotatable bonds is 2. The highest BCUT2D eigenvalue weighted by Crippen LogP contribution is 2.18. The minimum Gasteiger partial charge on any atom is -0.336 e. The van der Waals surface area contributed by atoms with E-state index in [2.05, 4.69) is 21.8 Å². The maximum absolute atomic E-state index is 12.4. The van der Waals surface area contributed by atoms with Crippen LogP contribution in [-0.2, 0) is 0 Å². The molecule has 3 rings (SSSR count). The summed E-state index contributed by atoms with van der Waals surface area (Å²) in [6.45, 7) is 6.08. The van der Waals surface area contributed by atoms with Gasteiger partial charge in [-0.3, -0.25) is 14.7 Å². The first-order valence-corrected chi connectivity index (χ1v) is 7.86. The van der Waals surface area contributed by atoms with Crippen LogP contribution in [0, 0.1) is 0 Å². The summed E-state index contributed by atoms with van der Waals surface area (Å²) in [6, 6.07) is 4.30. The van der Waals surface area contributed by atoms with Crippen molar-refractivity contribution in [1.29, 1.82) is 0 Å². The summed E-state index contributed by atoms with van der Waals surface area (Å²) in [5.41, 5.74) is 0.748. The van der Waals surface area contributed by atoms with Gasteiger partial charge in [-0.05, 0) is 45.1 Å². The number of carbonyl (C=O) groups is 1. The Bertz CT molecular complexity index is 462. The Morgan fingerprint density at radius 3 is 2.29 bits per heavy atom. The van der Waals surface area contributed by atoms with Crippen molar-refractivity contribution < 1.29 is 4.79 Å². The van der Waals surface area contributed by atoms with Crippen molar-refractivity contribution in [2.75, 3.05) is 46.3 Å². The summed E-state index contributed by atoms with van der Waals surface area (Å²) < 4.78 is 0. The van der Waals surface area contributed by atoms with E-state index < -0.39 is 0 Å². The first-order chi connectivity index (χ1) is 10.2. The number of carbonyl (C=O) groups excluding carboxylic acids is 1. The fourth-order valence-corrected chi connectivity index (χ4v) is 3.33. The van der Waals surface area contributed by atoms with Crippen LogP contribution >= 0.6 is 0 Å². The lowest BCUT2D eigenvalue weighted by Crippen LogP contribution is -2.54. The molecule has 5 heteroatoms. The molecule has 2 aliphatic heterocycles. The van der Waals surface area contributed by atoms with Crippen LogP contribution in [0.25, 0.3) is 0 Å². The number of piperidine rings is 1. The molecule has 114 valence electrons. The van der Waals surface area contributed by atoms with Crippen LogP contribution in [0.3, 0.4) is 0 Å². The first kappa shape index (κ1) is 14.5. The molecule has 2 aliphatic rings. The molecule has 0 bridgehead atoms. The molecule has 0 N–H and O–H groups in total. The molecule has 2 saturated heterocycles. The first-order valence-electron chi connectivity index (χ1n) is 7.86. The largest absolute Gasteiger partial charge is 0.336 e. The maximum atomic E-state index is 12.4. The summed E-state index contributed by atoms with van der Waals surface area (Å²) in [4.78, 5) is 23.3. The summed E-state index contributed by atoms with van der Waals surface area (Å²) in [5.74, 6) is 0.139. The van der Waals surface area contributed by atoms with Crippen molar-refractivity contribution in [1.82, 2.24) is 19.7 Å². The number of hydrogen-bond donors (Lipinski definition) is 0. The molecule has 0 aliphatic carbocycles. The third-order valence-corrected chi connectivity index (χ3v) is 4.73. The van der Waals surface area contributed by atoms with Crippen molar-refractivity contribution in [3.05, 3.63) is 30.1 Å². The van der Waals surface area contributed by atoms with E-state index in [0.717, 1.165) is 31.7 Å². The van der Waals surface area contributed by atoms with Gasteiger partial charge in [-0.25, -0.2) is 0 Å². The minimum absolute atomic E-state index is 0.139. The highest BCUT2D eigenvalue weighted by molar-refractivity contribution is 5.94. The van der Waals surface area contributed by atoms with Crippen molar-refractivity contribution in [2.24, 2.45) is 0 Å². The number of aromatic nitrogens is 1. The van der Waals surface area contributed by atoms with Gasteiger partial charge in [0.05, 0.1) is 0 Å². The zero-order chi connectivity index (χ0) is 14.7. The number of amides is 1. The van der Waals surface area contributed by atoms with Gasteiger partial charge >= 0.3 is 0 Å². The maximum Gasteiger partial charge on any atom is 0.254 e. The van der Waals surface area contributed by atoms with Crippen LogP contribution in [-0.4, -0.2) is 77.9 Å². The number of piperazine rings is 1. The third-order valence-electron chi connectivity index (χ3n) is 4.73. The zero-order valence-electron chi connectivity index (χ0n) is 12.7. The molecule has 5 nitrogen and oxygen atoms in total. The van der Waals surface area contributed by atoms with Gasteiger partial charge in [0.25, 0.3) is 5.91 Å². The van der Waals surface area contributed by atoms with Gasteiger partial charge in [0, 0.05) is 50.2 Å². The molecule has 0 saturated carbocycles. The van der Waals surface area contributed by atoms with Crippen molar-refractivity contribution in [3.63, 3.8) is 0 Å². The van der Waals surface area contributed by atoms with E-state index >= 15 is 0 Å². The number of nitrogens with zero attached hydrogens (tertiary/aromatic N) is 4. The molecule has 1 amide bonds. The second kappa shape index (κ2) is 6.54.